The van der Waals surface area contributed by atoms with E-state index in [0.717, 1.165) is 6.08 Å². The van der Waals surface area contributed by atoms with Crippen LogP contribution >= 0.6 is 0 Å². The molecule has 0 aliphatic rings. The Labute approximate surface area is 127 Å². The smallest absolute Gasteiger partial charge is 0.412 e. The standard InChI is InChI=1S/C14H16N4O4/c1-14(2,3)22-13(21)16-10-6-4-9(5-7-10)8-11(12(19)20)17-18-15/h4-8H,1-3H3,(H,16,21)(H,19,20)/p-1/b11-8+. The molecule has 0 atom stereocenters. The molecular formula is C14H15N4O4-. The van der Waals surface area contributed by atoms with Crippen LogP contribution in [-0.4, -0.2) is 17.7 Å². The molecule has 0 aliphatic heterocycles. The monoisotopic (exact) mass is 303 g/mol. The highest BCUT2D eigenvalue weighted by molar-refractivity contribution is 5.90. The summed E-state index contributed by atoms with van der Waals surface area (Å²) in [6.07, 6.45) is 0.562. The summed E-state index contributed by atoms with van der Waals surface area (Å²) < 4.78 is 5.10. The predicted molar refractivity (Wildman–Crippen MR) is 78.4 cm³/mol. The van der Waals surface area contributed by atoms with Gasteiger partial charge in [0.1, 0.15) is 5.60 Å². The Hall–Kier alpha value is -2.99. The number of carbonyl (C=O) groups excluding carboxylic acids is 2. The minimum atomic E-state index is -1.58. The van der Waals surface area contributed by atoms with Crippen LogP contribution in [-0.2, 0) is 9.53 Å². The van der Waals surface area contributed by atoms with Crippen LogP contribution in [0.25, 0.3) is 16.5 Å². The zero-order chi connectivity index (χ0) is 16.8. The van der Waals surface area contributed by atoms with Gasteiger partial charge in [-0.05, 0) is 50.1 Å². The lowest BCUT2D eigenvalue weighted by Crippen LogP contribution is -2.27. The van der Waals surface area contributed by atoms with E-state index in [1.165, 1.54) is 0 Å². The van der Waals surface area contributed by atoms with Crippen LogP contribution in [0.2, 0.25) is 0 Å². The largest absolute Gasteiger partial charge is 0.545 e. The van der Waals surface area contributed by atoms with Crippen LogP contribution in [0.5, 0.6) is 0 Å². The number of carboxylic acids is 1. The lowest BCUT2D eigenvalue weighted by molar-refractivity contribution is -0.299. The van der Waals surface area contributed by atoms with E-state index in [4.69, 9.17) is 10.3 Å². The molecule has 0 radical (unpaired) electrons. The number of carbonyl (C=O) groups is 2. The number of anilines is 1. The Bertz CT molecular complexity index is 634. The average molecular weight is 303 g/mol. The van der Waals surface area contributed by atoms with Gasteiger partial charge in [-0.2, -0.15) is 0 Å². The van der Waals surface area contributed by atoms with Gasteiger partial charge in [-0.25, -0.2) is 4.79 Å². The van der Waals surface area contributed by atoms with Gasteiger partial charge in [0.15, 0.2) is 0 Å². The van der Waals surface area contributed by atoms with Crippen molar-refractivity contribution in [3.8, 4) is 0 Å². The number of aliphatic carboxylic acids is 1. The maximum atomic E-state index is 11.6. The van der Waals surface area contributed by atoms with Crippen LogP contribution in [0.15, 0.2) is 35.1 Å². The van der Waals surface area contributed by atoms with Crippen LogP contribution in [0, 0.1) is 0 Å². The first-order valence-electron chi connectivity index (χ1n) is 6.29. The first-order chi connectivity index (χ1) is 10.2. The van der Waals surface area contributed by atoms with E-state index in [1.54, 1.807) is 45.0 Å². The third-order valence-corrected chi connectivity index (χ3v) is 2.22. The number of nitrogens with one attached hydrogen (secondary N) is 1. The summed E-state index contributed by atoms with van der Waals surface area (Å²) in [5, 5.41) is 16.3. The van der Waals surface area contributed by atoms with Gasteiger partial charge in [0.05, 0.1) is 11.7 Å². The number of azide groups is 1. The fourth-order valence-corrected chi connectivity index (χ4v) is 1.42. The summed E-state index contributed by atoms with van der Waals surface area (Å²) >= 11 is 0. The van der Waals surface area contributed by atoms with Crippen molar-refractivity contribution in [1.29, 1.82) is 0 Å². The first kappa shape index (κ1) is 17.1. The van der Waals surface area contributed by atoms with E-state index >= 15 is 0 Å². The Morgan fingerprint density at radius 1 is 1.32 bits per heavy atom. The highest BCUT2D eigenvalue weighted by Gasteiger charge is 2.15. The molecule has 0 saturated heterocycles. The van der Waals surface area contributed by atoms with Crippen molar-refractivity contribution in [1.82, 2.24) is 0 Å². The normalized spacial score (nSPS) is 11.3. The number of hydrogen-bond acceptors (Lipinski definition) is 5. The Balaban J connectivity index is 2.83. The molecule has 1 N–H and O–H groups in total. The maximum absolute atomic E-state index is 11.6. The number of benzene rings is 1. The quantitative estimate of drug-likeness (QED) is 0.396. The summed E-state index contributed by atoms with van der Waals surface area (Å²) in [6.45, 7) is 5.24. The summed E-state index contributed by atoms with van der Waals surface area (Å²) in [4.78, 5) is 24.7. The molecule has 1 rings (SSSR count). The van der Waals surface area contributed by atoms with Gasteiger partial charge >= 0.3 is 6.09 Å². The van der Waals surface area contributed by atoms with Gasteiger partial charge in [0, 0.05) is 10.6 Å². The maximum Gasteiger partial charge on any atom is 0.412 e. The summed E-state index contributed by atoms with van der Waals surface area (Å²) in [5.41, 5.74) is 8.08. The van der Waals surface area contributed by atoms with E-state index in [1.807, 2.05) is 0 Å². The molecule has 0 bridgehead atoms. The van der Waals surface area contributed by atoms with Gasteiger partial charge in [-0.1, -0.05) is 17.2 Å². The van der Waals surface area contributed by atoms with Crippen LogP contribution in [0.4, 0.5) is 10.5 Å². The molecule has 116 valence electrons. The van der Waals surface area contributed by atoms with Crippen LogP contribution in [0.3, 0.4) is 0 Å². The molecule has 0 fully saturated rings. The lowest BCUT2D eigenvalue weighted by Gasteiger charge is -2.19. The number of hydrogen-bond donors (Lipinski definition) is 1. The van der Waals surface area contributed by atoms with E-state index in [-0.39, 0.29) is 0 Å². The summed E-state index contributed by atoms with van der Waals surface area (Å²) in [7, 11) is 0. The van der Waals surface area contributed by atoms with Crippen molar-refractivity contribution in [2.24, 2.45) is 5.11 Å². The number of amides is 1. The number of nitrogens with zero attached hydrogens (tertiary/aromatic N) is 3. The second kappa shape index (κ2) is 7.14. The number of ether oxygens (including phenoxy) is 1. The molecule has 0 aromatic heterocycles. The van der Waals surface area contributed by atoms with E-state index in [2.05, 4.69) is 15.3 Å². The summed E-state index contributed by atoms with van der Waals surface area (Å²) in [5.74, 6) is -1.58. The minimum absolute atomic E-state index is 0.473. The Morgan fingerprint density at radius 2 is 1.91 bits per heavy atom. The first-order valence-corrected chi connectivity index (χ1v) is 6.29. The minimum Gasteiger partial charge on any atom is -0.545 e. The fourth-order valence-electron chi connectivity index (χ4n) is 1.42. The molecule has 0 heterocycles. The predicted octanol–water partition coefficient (Wildman–Crippen LogP) is 2.43. The fraction of sp³-hybridized carbons (Fsp3) is 0.286. The van der Waals surface area contributed by atoms with E-state index < -0.39 is 23.4 Å². The van der Waals surface area contributed by atoms with Crippen LogP contribution in [0.1, 0.15) is 26.3 Å². The molecule has 8 nitrogen and oxygen atoms in total. The summed E-state index contributed by atoms with van der Waals surface area (Å²) in [6, 6.07) is 6.20. The Kier molecular flexibility index (Phi) is 5.54. The second-order valence-corrected chi connectivity index (χ2v) is 5.26. The third kappa shape index (κ3) is 5.98. The SMILES string of the molecule is CC(C)(C)OC(=O)Nc1ccc(/C=C(/N=[N+]=[N-])C(=O)[O-])cc1. The van der Waals surface area contributed by atoms with Crippen molar-refractivity contribution >= 4 is 23.8 Å². The van der Waals surface area contributed by atoms with Gasteiger partial charge in [0.2, 0.25) is 0 Å². The zero-order valence-electron chi connectivity index (χ0n) is 12.4. The lowest BCUT2D eigenvalue weighted by atomic mass is 10.2. The average Bonchev–Trinajstić information content (AvgIpc) is 2.38. The van der Waals surface area contributed by atoms with Crippen molar-refractivity contribution < 1.29 is 19.4 Å². The van der Waals surface area contributed by atoms with Crippen LogP contribution < -0.4 is 10.4 Å². The van der Waals surface area contributed by atoms with Gasteiger partial charge in [0.25, 0.3) is 0 Å². The Morgan fingerprint density at radius 3 is 2.36 bits per heavy atom. The molecule has 0 aliphatic carbocycles. The molecule has 8 heteroatoms. The highest BCUT2D eigenvalue weighted by atomic mass is 16.6. The third-order valence-electron chi connectivity index (χ3n) is 2.22. The molecular weight excluding hydrogens is 288 g/mol. The number of rotatable bonds is 4. The van der Waals surface area contributed by atoms with Crippen molar-refractivity contribution in [3.63, 3.8) is 0 Å². The molecule has 0 spiro atoms. The van der Waals surface area contributed by atoms with Crippen molar-refractivity contribution in [3.05, 3.63) is 46.0 Å². The second-order valence-electron chi connectivity index (χ2n) is 5.26. The molecule has 1 aromatic carbocycles. The van der Waals surface area contributed by atoms with Gasteiger partial charge in [-0.3, -0.25) is 5.32 Å². The van der Waals surface area contributed by atoms with Gasteiger partial charge in [-0.15, -0.1) is 0 Å². The van der Waals surface area contributed by atoms with Crippen molar-refractivity contribution in [2.45, 2.75) is 26.4 Å². The topological polar surface area (TPSA) is 127 Å². The van der Waals surface area contributed by atoms with Crippen molar-refractivity contribution in [2.75, 3.05) is 5.32 Å². The molecule has 1 aromatic rings. The molecule has 0 unspecified atom stereocenters. The molecule has 22 heavy (non-hydrogen) atoms. The van der Waals surface area contributed by atoms with E-state index in [0.29, 0.717) is 11.3 Å². The zero-order valence-corrected chi connectivity index (χ0v) is 12.4. The highest BCUT2D eigenvalue weighted by Crippen LogP contribution is 2.15. The van der Waals surface area contributed by atoms with Gasteiger partial charge < -0.3 is 14.6 Å². The number of carboxylic acid groups (broad SMARTS) is 1. The van der Waals surface area contributed by atoms with E-state index in [9.17, 15) is 14.7 Å². The molecule has 1 amide bonds. The molecule has 0 saturated carbocycles.